The second-order valence-corrected chi connectivity index (χ2v) is 1.51. The molecule has 0 amide bonds. The molecule has 0 saturated carbocycles. The van der Waals surface area contributed by atoms with E-state index in [0.717, 1.165) is 6.54 Å². The monoisotopic (exact) mass is 130 g/mol. The Morgan fingerprint density at radius 1 is 1.78 bits per heavy atom. The maximum Gasteiger partial charge on any atom is 0.320 e. The number of carbonyl (C=O) groups excluding carboxylic acids is 1. The number of hydrogen-bond donors (Lipinski definition) is 1. The van der Waals surface area contributed by atoms with Crippen LogP contribution in [0.1, 0.15) is 13.8 Å². The van der Waals surface area contributed by atoms with Crippen LogP contribution in [0.2, 0.25) is 0 Å². The third-order valence-electron chi connectivity index (χ3n) is 0.769. The summed E-state index contributed by atoms with van der Waals surface area (Å²) >= 11 is 0. The molecule has 0 aliphatic rings. The molecule has 0 fully saturated rings. The summed E-state index contributed by atoms with van der Waals surface area (Å²) in [4.78, 5) is 10.5. The van der Waals surface area contributed by atoms with E-state index >= 15 is 0 Å². The third kappa shape index (κ3) is 5.30. The lowest BCUT2D eigenvalue weighted by atomic mass is 10.6. The first-order valence-electron chi connectivity index (χ1n) is 2.99. The highest BCUT2D eigenvalue weighted by molar-refractivity contribution is 5.71. The molecule has 0 atom stereocenters. The zero-order valence-corrected chi connectivity index (χ0v) is 5.81. The SMILES string of the molecule is C[CH]OC(=O)CNCC. The van der Waals surface area contributed by atoms with Crippen LogP contribution in [0, 0.1) is 6.61 Å². The number of hydrogen-bond acceptors (Lipinski definition) is 3. The largest absolute Gasteiger partial charge is 0.458 e. The fourth-order valence-electron chi connectivity index (χ4n) is 0.400. The zero-order chi connectivity index (χ0) is 7.11. The first-order chi connectivity index (χ1) is 4.31. The smallest absolute Gasteiger partial charge is 0.320 e. The molecule has 0 rings (SSSR count). The summed E-state index contributed by atoms with van der Waals surface area (Å²) < 4.78 is 4.52. The van der Waals surface area contributed by atoms with Gasteiger partial charge >= 0.3 is 5.97 Å². The van der Waals surface area contributed by atoms with Gasteiger partial charge in [-0.05, 0) is 13.5 Å². The van der Waals surface area contributed by atoms with Crippen molar-refractivity contribution in [3.63, 3.8) is 0 Å². The van der Waals surface area contributed by atoms with Gasteiger partial charge in [-0.1, -0.05) is 6.92 Å². The van der Waals surface area contributed by atoms with E-state index in [1.54, 1.807) is 6.92 Å². The van der Waals surface area contributed by atoms with Gasteiger partial charge < -0.3 is 10.1 Å². The van der Waals surface area contributed by atoms with Crippen LogP contribution in [-0.4, -0.2) is 19.1 Å². The number of esters is 1. The number of carbonyl (C=O) groups is 1. The van der Waals surface area contributed by atoms with Gasteiger partial charge in [-0.15, -0.1) is 0 Å². The Labute approximate surface area is 55.4 Å². The molecule has 0 aromatic heterocycles. The zero-order valence-electron chi connectivity index (χ0n) is 5.81. The average molecular weight is 130 g/mol. The fraction of sp³-hybridized carbons (Fsp3) is 0.667. The first-order valence-corrected chi connectivity index (χ1v) is 2.99. The van der Waals surface area contributed by atoms with E-state index in [-0.39, 0.29) is 5.97 Å². The topological polar surface area (TPSA) is 38.3 Å². The van der Waals surface area contributed by atoms with Crippen LogP contribution in [-0.2, 0) is 9.53 Å². The molecule has 0 aliphatic heterocycles. The Bertz CT molecular complexity index is 83.1. The Morgan fingerprint density at radius 2 is 2.44 bits per heavy atom. The summed E-state index contributed by atoms with van der Waals surface area (Å²) in [5, 5.41) is 2.84. The van der Waals surface area contributed by atoms with E-state index in [4.69, 9.17) is 0 Å². The fourth-order valence-corrected chi connectivity index (χ4v) is 0.400. The van der Waals surface area contributed by atoms with Crippen LogP contribution >= 0.6 is 0 Å². The molecule has 0 spiro atoms. The molecule has 0 unspecified atom stereocenters. The Kier molecular flexibility index (Phi) is 5.21. The molecular formula is C6H12NO2. The maximum absolute atomic E-state index is 10.5. The van der Waals surface area contributed by atoms with Crippen LogP contribution in [0.4, 0.5) is 0 Å². The summed E-state index contributed by atoms with van der Waals surface area (Å²) in [5.74, 6) is -0.237. The van der Waals surface area contributed by atoms with Crippen molar-refractivity contribution in [2.75, 3.05) is 13.1 Å². The highest BCUT2D eigenvalue weighted by Gasteiger charge is 1.96. The van der Waals surface area contributed by atoms with Crippen molar-refractivity contribution in [3.05, 3.63) is 6.61 Å². The second kappa shape index (κ2) is 5.56. The molecule has 53 valence electrons. The first kappa shape index (κ1) is 8.43. The van der Waals surface area contributed by atoms with Crippen molar-refractivity contribution >= 4 is 5.97 Å². The maximum atomic E-state index is 10.5. The number of ether oxygens (including phenoxy) is 1. The van der Waals surface area contributed by atoms with Crippen molar-refractivity contribution in [1.29, 1.82) is 0 Å². The van der Waals surface area contributed by atoms with E-state index in [2.05, 4.69) is 10.1 Å². The van der Waals surface area contributed by atoms with Crippen LogP contribution < -0.4 is 5.32 Å². The van der Waals surface area contributed by atoms with E-state index in [0.29, 0.717) is 6.54 Å². The molecule has 9 heavy (non-hydrogen) atoms. The van der Waals surface area contributed by atoms with Crippen LogP contribution in [0.3, 0.4) is 0 Å². The average Bonchev–Trinajstić information content (AvgIpc) is 1.85. The molecular weight excluding hydrogens is 118 g/mol. The summed E-state index contributed by atoms with van der Waals surface area (Å²) in [7, 11) is 0. The van der Waals surface area contributed by atoms with Crippen molar-refractivity contribution in [1.82, 2.24) is 5.32 Å². The summed E-state index contributed by atoms with van der Waals surface area (Å²) in [6, 6.07) is 0. The lowest BCUT2D eigenvalue weighted by Crippen LogP contribution is -2.23. The molecule has 0 heterocycles. The van der Waals surface area contributed by atoms with Gasteiger partial charge in [0, 0.05) is 0 Å². The molecule has 0 bridgehead atoms. The highest BCUT2D eigenvalue weighted by Crippen LogP contribution is 1.78. The van der Waals surface area contributed by atoms with Gasteiger partial charge in [-0.25, -0.2) is 0 Å². The Hall–Kier alpha value is -0.570. The van der Waals surface area contributed by atoms with Crippen molar-refractivity contribution in [3.8, 4) is 0 Å². The van der Waals surface area contributed by atoms with Crippen molar-refractivity contribution in [2.45, 2.75) is 13.8 Å². The number of likely N-dealkylation sites (N-methyl/N-ethyl adjacent to an activating group) is 1. The molecule has 3 nitrogen and oxygen atoms in total. The quantitative estimate of drug-likeness (QED) is 0.557. The molecule has 1 radical (unpaired) electrons. The van der Waals surface area contributed by atoms with Crippen molar-refractivity contribution in [2.24, 2.45) is 0 Å². The number of nitrogens with one attached hydrogen (secondary N) is 1. The third-order valence-corrected chi connectivity index (χ3v) is 0.769. The van der Waals surface area contributed by atoms with Gasteiger partial charge in [0.2, 0.25) is 0 Å². The molecule has 0 aliphatic carbocycles. The minimum absolute atomic E-state index is 0.237. The van der Waals surface area contributed by atoms with Gasteiger partial charge in [0.1, 0.15) is 6.61 Å². The van der Waals surface area contributed by atoms with Gasteiger partial charge in [0.15, 0.2) is 0 Å². The molecule has 0 saturated heterocycles. The van der Waals surface area contributed by atoms with Crippen LogP contribution in [0.5, 0.6) is 0 Å². The number of rotatable bonds is 4. The van der Waals surface area contributed by atoms with E-state index < -0.39 is 0 Å². The Morgan fingerprint density at radius 3 is 2.89 bits per heavy atom. The highest BCUT2D eigenvalue weighted by atomic mass is 16.5. The summed E-state index contributed by atoms with van der Waals surface area (Å²) in [5.41, 5.74) is 0. The minimum Gasteiger partial charge on any atom is -0.458 e. The van der Waals surface area contributed by atoms with E-state index in [1.807, 2.05) is 6.92 Å². The molecule has 3 heteroatoms. The predicted octanol–water partition coefficient (Wildman–Crippen LogP) is 0.321. The van der Waals surface area contributed by atoms with E-state index in [9.17, 15) is 4.79 Å². The summed E-state index contributed by atoms with van der Waals surface area (Å²) in [6.45, 7) is 6.06. The van der Waals surface area contributed by atoms with Gasteiger partial charge in [-0.3, -0.25) is 4.79 Å². The van der Waals surface area contributed by atoms with Crippen LogP contribution in [0.15, 0.2) is 0 Å². The van der Waals surface area contributed by atoms with Gasteiger partial charge in [0.25, 0.3) is 0 Å². The predicted molar refractivity (Wildman–Crippen MR) is 34.6 cm³/mol. The normalized spacial score (nSPS) is 9.11. The lowest BCUT2D eigenvalue weighted by Gasteiger charge is -1.99. The standard InChI is InChI=1S/C6H12NO2/c1-3-7-5-6(8)9-4-2/h4,7H,3,5H2,1-2H3. The van der Waals surface area contributed by atoms with Gasteiger partial charge in [-0.2, -0.15) is 0 Å². The van der Waals surface area contributed by atoms with E-state index in [1.165, 1.54) is 6.61 Å². The molecule has 0 aromatic carbocycles. The summed E-state index contributed by atoms with van der Waals surface area (Å²) in [6.07, 6.45) is 0. The minimum atomic E-state index is -0.237. The van der Waals surface area contributed by atoms with Gasteiger partial charge in [0.05, 0.1) is 6.54 Å². The lowest BCUT2D eigenvalue weighted by molar-refractivity contribution is -0.138. The Balaban J connectivity index is 3.06. The van der Waals surface area contributed by atoms with Crippen LogP contribution in [0.25, 0.3) is 0 Å². The second-order valence-electron chi connectivity index (χ2n) is 1.51. The molecule has 1 N–H and O–H groups in total. The van der Waals surface area contributed by atoms with Crippen molar-refractivity contribution < 1.29 is 9.53 Å². The molecule has 0 aromatic rings.